The minimum absolute atomic E-state index is 0.0299. The minimum atomic E-state index is -0.657. The van der Waals surface area contributed by atoms with Crippen LogP contribution in [0, 0.1) is 19.8 Å². The zero-order valence-electron chi connectivity index (χ0n) is 18.0. The summed E-state index contributed by atoms with van der Waals surface area (Å²) in [6, 6.07) is 8.58. The topological polar surface area (TPSA) is 105 Å². The molecule has 0 aliphatic rings. The molecule has 0 aliphatic heterocycles. The van der Waals surface area contributed by atoms with E-state index >= 15 is 0 Å². The molecule has 3 aromatic rings. The van der Waals surface area contributed by atoms with Crippen LogP contribution in [-0.4, -0.2) is 37.8 Å². The average molecular weight is 409 g/mol. The van der Waals surface area contributed by atoms with E-state index in [0.717, 1.165) is 28.9 Å². The van der Waals surface area contributed by atoms with Gasteiger partial charge in [-0.05, 0) is 43.5 Å². The Hall–Kier alpha value is -3.42. The molecule has 0 bridgehead atoms. The number of nitrogens with zero attached hydrogens (tertiary/aromatic N) is 3. The fourth-order valence-corrected chi connectivity index (χ4v) is 3.43. The molecule has 0 unspecified atom stereocenters. The number of H-pyrrole nitrogens is 1. The summed E-state index contributed by atoms with van der Waals surface area (Å²) in [7, 11) is 1.69. The van der Waals surface area contributed by atoms with E-state index in [9.17, 15) is 9.59 Å². The van der Waals surface area contributed by atoms with Crippen LogP contribution in [0.25, 0.3) is 11.1 Å². The highest BCUT2D eigenvalue weighted by Crippen LogP contribution is 2.26. The zero-order chi connectivity index (χ0) is 21.8. The Morgan fingerprint density at radius 1 is 1.17 bits per heavy atom. The fraction of sp³-hybridized carbons (Fsp3) is 0.364. The second-order valence-corrected chi connectivity index (χ2v) is 7.55. The maximum atomic E-state index is 13.0. The molecular weight excluding hydrogens is 380 g/mol. The van der Waals surface area contributed by atoms with Crippen LogP contribution in [0.3, 0.4) is 0 Å². The van der Waals surface area contributed by atoms with E-state index in [1.54, 1.807) is 19.3 Å². The van der Waals surface area contributed by atoms with E-state index in [1.807, 2.05) is 52.0 Å². The molecule has 0 aliphatic carbocycles. The van der Waals surface area contributed by atoms with Gasteiger partial charge in [-0.2, -0.15) is 10.2 Å². The number of aromatic amines is 1. The number of anilines is 1. The van der Waals surface area contributed by atoms with Crippen molar-refractivity contribution in [3.63, 3.8) is 0 Å². The molecule has 0 saturated heterocycles. The molecule has 3 rings (SSSR count). The van der Waals surface area contributed by atoms with Gasteiger partial charge in [0.15, 0.2) is 0 Å². The lowest BCUT2D eigenvalue weighted by Gasteiger charge is -2.23. The number of benzene rings is 1. The Labute approximate surface area is 176 Å². The van der Waals surface area contributed by atoms with Crippen molar-refractivity contribution in [2.45, 2.75) is 40.2 Å². The SMILES string of the molecule is CC[C@@H](C)[C@H](NC(=O)c1ccnn1C)C(=O)Nc1ccc(-c2c(C)n[nH]c2C)cc1. The molecule has 2 atom stereocenters. The Bertz CT molecular complexity index is 1010. The molecule has 0 radical (unpaired) electrons. The Morgan fingerprint density at radius 2 is 1.87 bits per heavy atom. The van der Waals surface area contributed by atoms with Gasteiger partial charge < -0.3 is 10.6 Å². The molecule has 2 aromatic heterocycles. The van der Waals surface area contributed by atoms with E-state index in [2.05, 4.69) is 25.9 Å². The van der Waals surface area contributed by atoms with E-state index in [1.165, 1.54) is 4.68 Å². The summed E-state index contributed by atoms with van der Waals surface area (Å²) >= 11 is 0. The molecular formula is C22H28N6O2. The Morgan fingerprint density at radius 3 is 2.40 bits per heavy atom. The largest absolute Gasteiger partial charge is 0.339 e. The highest BCUT2D eigenvalue weighted by molar-refractivity contribution is 6.00. The lowest BCUT2D eigenvalue weighted by atomic mass is 9.98. The third-order valence-electron chi connectivity index (χ3n) is 5.40. The van der Waals surface area contributed by atoms with Crippen molar-refractivity contribution < 1.29 is 9.59 Å². The van der Waals surface area contributed by atoms with Crippen molar-refractivity contribution in [1.82, 2.24) is 25.3 Å². The molecule has 158 valence electrons. The molecule has 2 amide bonds. The summed E-state index contributed by atoms with van der Waals surface area (Å²) in [6.07, 6.45) is 2.31. The van der Waals surface area contributed by atoms with Gasteiger partial charge in [0.2, 0.25) is 5.91 Å². The van der Waals surface area contributed by atoms with E-state index in [0.29, 0.717) is 11.4 Å². The molecule has 0 spiro atoms. The van der Waals surface area contributed by atoms with Gasteiger partial charge in [0.05, 0.1) is 5.69 Å². The number of nitrogens with one attached hydrogen (secondary N) is 3. The number of hydrogen-bond donors (Lipinski definition) is 3. The third kappa shape index (κ3) is 4.42. The number of carbonyl (C=O) groups excluding carboxylic acids is 2. The number of aromatic nitrogens is 4. The first-order chi connectivity index (χ1) is 14.3. The normalized spacial score (nSPS) is 13.0. The summed E-state index contributed by atoms with van der Waals surface area (Å²) in [5, 5.41) is 17.0. The van der Waals surface area contributed by atoms with Crippen molar-refractivity contribution in [2.75, 3.05) is 5.32 Å². The molecule has 0 saturated carbocycles. The van der Waals surface area contributed by atoms with Crippen LogP contribution >= 0.6 is 0 Å². The number of hydrogen-bond acceptors (Lipinski definition) is 4. The van der Waals surface area contributed by atoms with Gasteiger partial charge in [-0.25, -0.2) is 0 Å². The molecule has 30 heavy (non-hydrogen) atoms. The second-order valence-electron chi connectivity index (χ2n) is 7.55. The van der Waals surface area contributed by atoms with Crippen LogP contribution in [0.5, 0.6) is 0 Å². The predicted molar refractivity (Wildman–Crippen MR) is 116 cm³/mol. The first-order valence-electron chi connectivity index (χ1n) is 10.0. The van der Waals surface area contributed by atoms with Crippen LogP contribution in [-0.2, 0) is 11.8 Å². The standard InChI is InChI=1S/C22H28N6O2/c1-6-13(2)20(25-21(29)18-11-12-23-28(18)5)22(30)24-17-9-7-16(8-10-17)19-14(3)26-27-15(19)4/h7-13,20H,6H2,1-5H3,(H,24,30)(H,25,29)(H,26,27)/t13-,20+/m1/s1. The monoisotopic (exact) mass is 408 g/mol. The van der Waals surface area contributed by atoms with Gasteiger partial charge in [0.25, 0.3) is 5.91 Å². The lowest BCUT2D eigenvalue weighted by Crippen LogP contribution is -2.48. The molecule has 2 heterocycles. The Kier molecular flexibility index (Phi) is 6.34. The first kappa shape index (κ1) is 21.3. The maximum Gasteiger partial charge on any atom is 0.270 e. The minimum Gasteiger partial charge on any atom is -0.339 e. The predicted octanol–water partition coefficient (Wildman–Crippen LogP) is 3.21. The van der Waals surface area contributed by atoms with Crippen LogP contribution in [0.2, 0.25) is 0 Å². The van der Waals surface area contributed by atoms with Crippen molar-refractivity contribution in [1.29, 1.82) is 0 Å². The highest BCUT2D eigenvalue weighted by Gasteiger charge is 2.27. The fourth-order valence-electron chi connectivity index (χ4n) is 3.43. The van der Waals surface area contributed by atoms with Crippen LogP contribution < -0.4 is 10.6 Å². The van der Waals surface area contributed by atoms with Gasteiger partial charge in [-0.1, -0.05) is 32.4 Å². The van der Waals surface area contributed by atoms with Gasteiger partial charge in [0.1, 0.15) is 11.7 Å². The van der Waals surface area contributed by atoms with Crippen molar-refractivity contribution in [3.05, 3.63) is 53.6 Å². The highest BCUT2D eigenvalue weighted by atomic mass is 16.2. The lowest BCUT2D eigenvalue weighted by molar-refractivity contribution is -0.119. The molecule has 8 nitrogen and oxygen atoms in total. The average Bonchev–Trinajstić information content (AvgIpc) is 3.31. The number of amides is 2. The van der Waals surface area contributed by atoms with E-state index in [-0.39, 0.29) is 17.7 Å². The van der Waals surface area contributed by atoms with Crippen molar-refractivity contribution >= 4 is 17.5 Å². The number of carbonyl (C=O) groups is 2. The van der Waals surface area contributed by atoms with Crippen LogP contribution in [0.1, 0.15) is 42.1 Å². The van der Waals surface area contributed by atoms with Crippen LogP contribution in [0.15, 0.2) is 36.5 Å². The Balaban J connectivity index is 1.74. The first-order valence-corrected chi connectivity index (χ1v) is 10.0. The number of aryl methyl sites for hydroxylation is 3. The molecule has 0 fully saturated rings. The summed E-state index contributed by atoms with van der Waals surface area (Å²) in [5.41, 5.74) is 5.10. The van der Waals surface area contributed by atoms with E-state index in [4.69, 9.17) is 0 Å². The summed E-state index contributed by atoms with van der Waals surface area (Å²) in [4.78, 5) is 25.6. The summed E-state index contributed by atoms with van der Waals surface area (Å²) < 4.78 is 1.49. The van der Waals surface area contributed by atoms with Crippen molar-refractivity contribution in [2.24, 2.45) is 13.0 Å². The summed E-state index contributed by atoms with van der Waals surface area (Å²) in [6.45, 7) is 7.87. The zero-order valence-corrected chi connectivity index (χ0v) is 18.0. The molecule has 3 N–H and O–H groups in total. The van der Waals surface area contributed by atoms with E-state index < -0.39 is 6.04 Å². The van der Waals surface area contributed by atoms with Gasteiger partial charge in [-0.3, -0.25) is 19.4 Å². The number of rotatable bonds is 7. The molecule has 1 aromatic carbocycles. The van der Waals surface area contributed by atoms with Gasteiger partial charge in [-0.15, -0.1) is 0 Å². The quantitative estimate of drug-likeness (QED) is 0.558. The second kappa shape index (κ2) is 8.94. The van der Waals surface area contributed by atoms with Gasteiger partial charge in [0, 0.05) is 30.2 Å². The third-order valence-corrected chi connectivity index (χ3v) is 5.40. The van der Waals surface area contributed by atoms with Crippen molar-refractivity contribution in [3.8, 4) is 11.1 Å². The maximum absolute atomic E-state index is 13.0. The smallest absolute Gasteiger partial charge is 0.270 e. The summed E-state index contributed by atoms with van der Waals surface area (Å²) in [5.74, 6) is -0.599. The molecule has 8 heteroatoms. The van der Waals surface area contributed by atoms with Gasteiger partial charge >= 0.3 is 0 Å². The van der Waals surface area contributed by atoms with Crippen LogP contribution in [0.4, 0.5) is 5.69 Å².